The normalized spacial score (nSPS) is 16.6. The van der Waals surface area contributed by atoms with Gasteiger partial charge >= 0.3 is 0 Å². The Kier molecular flexibility index (Phi) is 4.65. The summed E-state index contributed by atoms with van der Waals surface area (Å²) in [7, 11) is 0. The van der Waals surface area contributed by atoms with Crippen molar-refractivity contribution >= 4 is 5.91 Å². The fourth-order valence-electron chi connectivity index (χ4n) is 2.38. The van der Waals surface area contributed by atoms with E-state index in [1.807, 2.05) is 18.2 Å². The zero-order chi connectivity index (χ0) is 14.7. The molecule has 0 saturated carbocycles. The van der Waals surface area contributed by atoms with Crippen LogP contribution in [0.1, 0.15) is 42.6 Å². The third kappa shape index (κ3) is 2.96. The zero-order valence-electron chi connectivity index (χ0n) is 12.4. The Labute approximate surface area is 120 Å². The van der Waals surface area contributed by atoms with Crippen LogP contribution in [-0.2, 0) is 0 Å². The van der Waals surface area contributed by atoms with E-state index in [2.05, 4.69) is 20.8 Å². The summed E-state index contributed by atoms with van der Waals surface area (Å²) in [4.78, 5) is 14.2. The number of ether oxygens (including phenoxy) is 1. The van der Waals surface area contributed by atoms with Gasteiger partial charge < -0.3 is 14.7 Å². The van der Waals surface area contributed by atoms with E-state index in [4.69, 9.17) is 9.84 Å². The molecule has 110 valence electrons. The van der Waals surface area contributed by atoms with E-state index in [1.165, 1.54) is 0 Å². The van der Waals surface area contributed by atoms with Gasteiger partial charge in [-0.2, -0.15) is 0 Å². The third-order valence-corrected chi connectivity index (χ3v) is 4.04. The molecule has 4 heteroatoms. The van der Waals surface area contributed by atoms with Crippen molar-refractivity contribution < 1.29 is 14.6 Å². The molecule has 1 heterocycles. The van der Waals surface area contributed by atoms with Crippen molar-refractivity contribution in [3.05, 3.63) is 29.3 Å². The van der Waals surface area contributed by atoms with Crippen LogP contribution in [0.3, 0.4) is 0 Å². The van der Waals surface area contributed by atoms with Crippen LogP contribution in [0.4, 0.5) is 0 Å². The average molecular weight is 277 g/mol. The van der Waals surface area contributed by atoms with Crippen LogP contribution >= 0.6 is 0 Å². The minimum atomic E-state index is -0.0515. The number of amides is 1. The summed E-state index contributed by atoms with van der Waals surface area (Å²) < 4.78 is 5.65. The number of hydrogen-bond acceptors (Lipinski definition) is 3. The number of carbonyl (C=O) groups is 1. The Morgan fingerprint density at radius 3 is 2.75 bits per heavy atom. The van der Waals surface area contributed by atoms with Crippen LogP contribution in [0.5, 0.6) is 5.75 Å². The summed E-state index contributed by atoms with van der Waals surface area (Å²) in [5.74, 6) is 1.51. The first-order valence-corrected chi connectivity index (χ1v) is 7.21. The van der Waals surface area contributed by atoms with E-state index in [9.17, 15) is 4.79 Å². The molecule has 0 fully saturated rings. The number of nitrogens with zero attached hydrogens (tertiary/aromatic N) is 1. The van der Waals surface area contributed by atoms with Crippen LogP contribution in [0.25, 0.3) is 0 Å². The smallest absolute Gasteiger partial charge is 0.257 e. The highest BCUT2D eigenvalue weighted by Crippen LogP contribution is 2.30. The van der Waals surface area contributed by atoms with Crippen LogP contribution in [-0.4, -0.2) is 42.2 Å². The minimum absolute atomic E-state index is 0.0246. The van der Waals surface area contributed by atoms with E-state index in [1.54, 1.807) is 4.90 Å². The van der Waals surface area contributed by atoms with Gasteiger partial charge in [0.25, 0.3) is 5.91 Å². The fourth-order valence-corrected chi connectivity index (χ4v) is 2.38. The van der Waals surface area contributed by atoms with Gasteiger partial charge in [-0.15, -0.1) is 0 Å². The first-order chi connectivity index (χ1) is 9.54. The zero-order valence-corrected chi connectivity index (χ0v) is 12.4. The number of hydrogen-bond donors (Lipinski definition) is 1. The van der Waals surface area contributed by atoms with E-state index in [0.29, 0.717) is 42.8 Å². The number of rotatable bonds is 4. The van der Waals surface area contributed by atoms with Crippen LogP contribution in [0, 0.1) is 5.92 Å². The van der Waals surface area contributed by atoms with Crippen molar-refractivity contribution in [2.24, 2.45) is 5.92 Å². The number of aliphatic hydroxyl groups excluding tert-OH is 1. The average Bonchev–Trinajstić information content (AvgIpc) is 2.58. The predicted octanol–water partition coefficient (Wildman–Crippen LogP) is 2.27. The van der Waals surface area contributed by atoms with E-state index < -0.39 is 0 Å². The first-order valence-electron chi connectivity index (χ1n) is 7.21. The van der Waals surface area contributed by atoms with Crippen molar-refractivity contribution in [1.82, 2.24) is 4.90 Å². The van der Waals surface area contributed by atoms with Crippen LogP contribution < -0.4 is 4.74 Å². The molecule has 1 unspecified atom stereocenters. The number of benzene rings is 1. The Balaban J connectivity index is 2.35. The topological polar surface area (TPSA) is 49.8 Å². The molecular formula is C16H23NO3. The van der Waals surface area contributed by atoms with Crippen molar-refractivity contribution in [1.29, 1.82) is 0 Å². The summed E-state index contributed by atoms with van der Waals surface area (Å²) in [6.45, 7) is 7.83. The summed E-state index contributed by atoms with van der Waals surface area (Å²) in [6, 6.07) is 5.88. The molecule has 2 rings (SSSR count). The molecule has 0 spiro atoms. The molecule has 0 saturated heterocycles. The molecule has 1 atom stereocenters. The largest absolute Gasteiger partial charge is 0.491 e. The van der Waals surface area contributed by atoms with Gasteiger partial charge in [0.2, 0.25) is 0 Å². The van der Waals surface area contributed by atoms with Crippen LogP contribution in [0.15, 0.2) is 18.2 Å². The second-order valence-corrected chi connectivity index (χ2v) is 5.65. The van der Waals surface area contributed by atoms with Gasteiger partial charge in [0.15, 0.2) is 0 Å². The van der Waals surface area contributed by atoms with Crippen molar-refractivity contribution in [3.63, 3.8) is 0 Å². The van der Waals surface area contributed by atoms with Crippen LogP contribution in [0.2, 0.25) is 0 Å². The van der Waals surface area contributed by atoms with Crippen molar-refractivity contribution in [2.45, 2.75) is 26.7 Å². The fraction of sp³-hybridized carbons (Fsp3) is 0.562. The van der Waals surface area contributed by atoms with Gasteiger partial charge in [0.05, 0.1) is 18.7 Å². The highest BCUT2D eigenvalue weighted by Gasteiger charge is 2.24. The number of aliphatic hydroxyl groups is 1. The highest BCUT2D eigenvalue weighted by atomic mass is 16.5. The summed E-state index contributed by atoms with van der Waals surface area (Å²) in [6.07, 6.45) is 0. The Morgan fingerprint density at radius 2 is 2.10 bits per heavy atom. The molecule has 1 aliphatic rings. The summed E-state index contributed by atoms with van der Waals surface area (Å²) >= 11 is 0. The van der Waals surface area contributed by atoms with Gasteiger partial charge in [-0.25, -0.2) is 0 Å². The lowest BCUT2D eigenvalue weighted by atomic mass is 9.89. The van der Waals surface area contributed by atoms with Crippen molar-refractivity contribution in [2.75, 3.05) is 26.3 Å². The second kappa shape index (κ2) is 6.27. The maximum atomic E-state index is 12.5. The first kappa shape index (κ1) is 14.9. The molecule has 1 aromatic carbocycles. The second-order valence-electron chi connectivity index (χ2n) is 5.65. The summed E-state index contributed by atoms with van der Waals surface area (Å²) in [5, 5.41) is 9.06. The van der Waals surface area contributed by atoms with Crippen molar-refractivity contribution in [3.8, 4) is 5.75 Å². The molecule has 1 aromatic rings. The molecule has 0 aromatic heterocycles. The molecule has 1 N–H and O–H groups in total. The highest BCUT2D eigenvalue weighted by molar-refractivity contribution is 5.97. The number of fused-ring (bicyclic) bond motifs is 1. The third-order valence-electron chi connectivity index (χ3n) is 4.04. The molecule has 1 amide bonds. The molecule has 0 radical (unpaired) electrons. The molecule has 0 bridgehead atoms. The molecular weight excluding hydrogens is 254 g/mol. The molecule has 1 aliphatic heterocycles. The SMILES string of the molecule is CC(C)C(C)c1ccc2c(c1)C(=O)N(CCO)CCO2. The summed E-state index contributed by atoms with van der Waals surface area (Å²) in [5.41, 5.74) is 1.77. The van der Waals surface area contributed by atoms with E-state index >= 15 is 0 Å². The molecule has 20 heavy (non-hydrogen) atoms. The quantitative estimate of drug-likeness (QED) is 0.918. The molecule has 0 aliphatic carbocycles. The monoisotopic (exact) mass is 277 g/mol. The minimum Gasteiger partial charge on any atom is -0.491 e. The Bertz CT molecular complexity index is 485. The maximum absolute atomic E-state index is 12.5. The van der Waals surface area contributed by atoms with E-state index in [0.717, 1.165) is 5.56 Å². The van der Waals surface area contributed by atoms with Gasteiger partial charge in [0, 0.05) is 6.54 Å². The standard InChI is InChI=1S/C16H23NO3/c1-11(2)12(3)13-4-5-15-14(10-13)16(19)17(6-8-18)7-9-20-15/h4-5,10-12,18H,6-9H2,1-3H3. The van der Waals surface area contributed by atoms with Gasteiger partial charge in [0.1, 0.15) is 12.4 Å². The number of β-amino-alcohol motifs (C(OH)–C–C–N with tert-alkyl or cyclic N) is 1. The lowest BCUT2D eigenvalue weighted by Gasteiger charge is -2.20. The lowest BCUT2D eigenvalue weighted by Crippen LogP contribution is -2.34. The molecule has 4 nitrogen and oxygen atoms in total. The lowest BCUT2D eigenvalue weighted by molar-refractivity contribution is 0.0721. The predicted molar refractivity (Wildman–Crippen MR) is 78.2 cm³/mol. The van der Waals surface area contributed by atoms with E-state index in [-0.39, 0.29) is 12.5 Å². The van der Waals surface area contributed by atoms with Gasteiger partial charge in [-0.05, 0) is 29.5 Å². The Morgan fingerprint density at radius 1 is 1.35 bits per heavy atom. The number of carbonyl (C=O) groups excluding carboxylic acids is 1. The maximum Gasteiger partial charge on any atom is 0.257 e. The van der Waals surface area contributed by atoms with Gasteiger partial charge in [-0.1, -0.05) is 26.8 Å². The van der Waals surface area contributed by atoms with Gasteiger partial charge in [-0.3, -0.25) is 4.79 Å². The Hall–Kier alpha value is -1.55.